The fourth-order valence-electron chi connectivity index (χ4n) is 1.12. The van der Waals surface area contributed by atoms with Crippen LogP contribution in [0.25, 0.3) is 0 Å². The number of hydrogen-bond acceptors (Lipinski definition) is 3. The van der Waals surface area contributed by atoms with E-state index in [-0.39, 0.29) is 13.0 Å². The van der Waals surface area contributed by atoms with Crippen LogP contribution in [0.5, 0.6) is 0 Å². The van der Waals surface area contributed by atoms with Crippen molar-refractivity contribution in [3.63, 3.8) is 0 Å². The summed E-state index contributed by atoms with van der Waals surface area (Å²) in [5.74, 6) is -1.02. The molecule has 0 radical (unpaired) electrons. The minimum atomic E-state index is -3.59. The lowest BCUT2D eigenvalue weighted by Crippen LogP contribution is -2.50. The van der Waals surface area contributed by atoms with Gasteiger partial charge in [0.2, 0.25) is 0 Å². The maximum absolute atomic E-state index is 11.6. The van der Waals surface area contributed by atoms with E-state index >= 15 is 0 Å². The van der Waals surface area contributed by atoms with E-state index in [0.717, 1.165) is 4.31 Å². The van der Waals surface area contributed by atoms with Crippen molar-refractivity contribution in [3.05, 3.63) is 0 Å². The van der Waals surface area contributed by atoms with E-state index in [2.05, 4.69) is 4.72 Å². The molecule has 0 saturated carbocycles. The number of carboxylic acid groups (broad SMARTS) is 1. The summed E-state index contributed by atoms with van der Waals surface area (Å²) in [5, 5.41) is 8.52. The lowest BCUT2D eigenvalue weighted by molar-refractivity contribution is -0.137. The number of nitrogens with one attached hydrogen (secondary N) is 1. The van der Waals surface area contributed by atoms with Crippen LogP contribution in [0.4, 0.5) is 0 Å². The molecule has 0 bridgehead atoms. The number of nitrogens with zero attached hydrogens (tertiary/aromatic N) is 1. The summed E-state index contributed by atoms with van der Waals surface area (Å²) in [5.41, 5.74) is -0.642. The SMILES string of the molecule is CNS(=O)(=O)N(CCC(=O)O)C(C)(C)C. The zero-order valence-corrected chi connectivity index (χ0v) is 10.3. The van der Waals surface area contributed by atoms with Crippen LogP contribution < -0.4 is 4.72 Å². The normalized spacial score (nSPS) is 13.1. The fourth-order valence-corrected chi connectivity index (χ4v) is 2.40. The molecule has 0 aromatic carbocycles. The molecule has 0 aromatic rings. The van der Waals surface area contributed by atoms with Gasteiger partial charge in [-0.2, -0.15) is 12.7 Å². The number of carbonyl (C=O) groups is 1. The van der Waals surface area contributed by atoms with Crippen molar-refractivity contribution in [2.45, 2.75) is 32.7 Å². The summed E-state index contributed by atoms with van der Waals surface area (Å²) < 4.78 is 26.5. The molecule has 0 spiro atoms. The molecule has 0 fully saturated rings. The molecule has 7 heteroatoms. The maximum Gasteiger partial charge on any atom is 0.304 e. The van der Waals surface area contributed by atoms with E-state index in [1.165, 1.54) is 7.05 Å². The van der Waals surface area contributed by atoms with Gasteiger partial charge in [-0.25, -0.2) is 4.72 Å². The number of aliphatic carboxylic acids is 1. The highest BCUT2D eigenvalue weighted by Crippen LogP contribution is 2.17. The van der Waals surface area contributed by atoms with Gasteiger partial charge in [0, 0.05) is 19.1 Å². The molecule has 0 aliphatic rings. The Morgan fingerprint density at radius 2 is 1.87 bits per heavy atom. The summed E-state index contributed by atoms with van der Waals surface area (Å²) >= 11 is 0. The Kier molecular flexibility index (Phi) is 4.69. The summed E-state index contributed by atoms with van der Waals surface area (Å²) in [6.45, 7) is 5.10. The second-order valence-corrected chi connectivity index (χ2v) is 5.90. The van der Waals surface area contributed by atoms with Crippen molar-refractivity contribution in [1.82, 2.24) is 9.03 Å². The van der Waals surface area contributed by atoms with Crippen LogP contribution in [0.1, 0.15) is 27.2 Å². The Morgan fingerprint density at radius 1 is 1.40 bits per heavy atom. The summed E-state index contributed by atoms with van der Waals surface area (Å²) in [4.78, 5) is 10.4. The van der Waals surface area contributed by atoms with Gasteiger partial charge < -0.3 is 5.11 Å². The van der Waals surface area contributed by atoms with Gasteiger partial charge in [0.15, 0.2) is 0 Å². The first kappa shape index (κ1) is 14.3. The number of hydrogen-bond donors (Lipinski definition) is 2. The monoisotopic (exact) mass is 238 g/mol. The van der Waals surface area contributed by atoms with Gasteiger partial charge in [-0.1, -0.05) is 0 Å². The van der Waals surface area contributed by atoms with Crippen LogP contribution >= 0.6 is 0 Å². The summed E-state index contributed by atoms with van der Waals surface area (Å²) in [6.07, 6.45) is -0.210. The van der Waals surface area contributed by atoms with Crippen LogP contribution in [0.3, 0.4) is 0 Å². The first-order chi connectivity index (χ1) is 6.61. The molecular formula is C8H18N2O4S. The smallest absolute Gasteiger partial charge is 0.304 e. The first-order valence-corrected chi connectivity index (χ1v) is 5.98. The third kappa shape index (κ3) is 4.59. The van der Waals surface area contributed by atoms with Gasteiger partial charge >= 0.3 is 5.97 Å². The Morgan fingerprint density at radius 3 is 2.13 bits per heavy atom. The summed E-state index contributed by atoms with van der Waals surface area (Å²) in [7, 11) is -2.29. The lowest BCUT2D eigenvalue weighted by atomic mass is 10.1. The average molecular weight is 238 g/mol. The second-order valence-electron chi connectivity index (χ2n) is 4.10. The molecule has 0 amide bonds. The van der Waals surface area contributed by atoms with Crippen LogP contribution in [0.15, 0.2) is 0 Å². The van der Waals surface area contributed by atoms with E-state index in [1.54, 1.807) is 20.8 Å². The minimum absolute atomic E-state index is 0.0397. The van der Waals surface area contributed by atoms with Gasteiger partial charge in [-0.3, -0.25) is 4.79 Å². The molecule has 0 aromatic heterocycles. The lowest BCUT2D eigenvalue weighted by Gasteiger charge is -2.33. The molecule has 0 heterocycles. The van der Waals surface area contributed by atoms with Crippen molar-refractivity contribution in [2.75, 3.05) is 13.6 Å². The Hall–Kier alpha value is -0.660. The molecule has 15 heavy (non-hydrogen) atoms. The minimum Gasteiger partial charge on any atom is -0.481 e. The van der Waals surface area contributed by atoms with Gasteiger partial charge in [0.05, 0.1) is 6.42 Å². The fraction of sp³-hybridized carbons (Fsp3) is 0.875. The van der Waals surface area contributed by atoms with E-state index < -0.39 is 21.7 Å². The van der Waals surface area contributed by atoms with Crippen LogP contribution in [0.2, 0.25) is 0 Å². The highest BCUT2D eigenvalue weighted by molar-refractivity contribution is 7.87. The molecule has 6 nitrogen and oxygen atoms in total. The quantitative estimate of drug-likeness (QED) is 0.707. The van der Waals surface area contributed by atoms with E-state index in [9.17, 15) is 13.2 Å². The van der Waals surface area contributed by atoms with Crippen LogP contribution in [-0.4, -0.2) is 42.9 Å². The zero-order chi connectivity index (χ0) is 12.3. The van der Waals surface area contributed by atoms with Gasteiger partial charge in [-0.15, -0.1) is 0 Å². The van der Waals surface area contributed by atoms with Crippen molar-refractivity contribution < 1.29 is 18.3 Å². The number of carboxylic acids is 1. The maximum atomic E-state index is 11.6. The van der Waals surface area contributed by atoms with Crippen molar-refractivity contribution in [3.8, 4) is 0 Å². The van der Waals surface area contributed by atoms with E-state index in [0.29, 0.717) is 0 Å². The second kappa shape index (κ2) is 4.91. The largest absolute Gasteiger partial charge is 0.481 e. The molecule has 90 valence electrons. The van der Waals surface area contributed by atoms with Crippen molar-refractivity contribution in [2.24, 2.45) is 0 Å². The van der Waals surface area contributed by atoms with Crippen LogP contribution in [-0.2, 0) is 15.0 Å². The molecule has 0 atom stereocenters. The van der Waals surface area contributed by atoms with Gasteiger partial charge in [0.1, 0.15) is 0 Å². The average Bonchev–Trinajstić information content (AvgIpc) is 2.01. The van der Waals surface area contributed by atoms with Gasteiger partial charge in [0.25, 0.3) is 10.2 Å². The first-order valence-electron chi connectivity index (χ1n) is 4.54. The summed E-state index contributed by atoms with van der Waals surface area (Å²) in [6, 6.07) is 0. The highest BCUT2D eigenvalue weighted by atomic mass is 32.2. The predicted molar refractivity (Wildman–Crippen MR) is 56.7 cm³/mol. The molecule has 2 N–H and O–H groups in total. The van der Waals surface area contributed by atoms with Crippen molar-refractivity contribution in [1.29, 1.82) is 0 Å². The Balaban J connectivity index is 4.85. The van der Waals surface area contributed by atoms with E-state index in [4.69, 9.17) is 5.11 Å². The molecule has 0 saturated heterocycles. The topological polar surface area (TPSA) is 86.7 Å². The third-order valence-electron chi connectivity index (χ3n) is 1.83. The molecule has 0 aliphatic heterocycles. The molecule has 0 aliphatic carbocycles. The van der Waals surface area contributed by atoms with Crippen molar-refractivity contribution >= 4 is 16.2 Å². The molecule has 0 rings (SSSR count). The molecule has 0 unspecified atom stereocenters. The predicted octanol–water partition coefficient (Wildman–Crippen LogP) is 0.0258. The zero-order valence-electron chi connectivity index (χ0n) is 9.44. The number of rotatable bonds is 5. The van der Waals surface area contributed by atoms with Gasteiger partial charge in [-0.05, 0) is 20.8 Å². The molecular weight excluding hydrogens is 220 g/mol. The highest BCUT2D eigenvalue weighted by Gasteiger charge is 2.31. The van der Waals surface area contributed by atoms with Crippen LogP contribution in [0, 0.1) is 0 Å². The standard InChI is InChI=1S/C8H18N2O4S/c1-8(2,3)10(6-5-7(11)12)15(13,14)9-4/h9H,5-6H2,1-4H3,(H,11,12). The Bertz CT molecular complexity index is 318. The van der Waals surface area contributed by atoms with E-state index in [1.807, 2.05) is 0 Å². The Labute approximate surface area is 90.5 Å². The third-order valence-corrected chi connectivity index (χ3v) is 3.65.